The van der Waals surface area contributed by atoms with Gasteiger partial charge in [0.1, 0.15) is 5.75 Å². The fourth-order valence-electron chi connectivity index (χ4n) is 3.74. The van der Waals surface area contributed by atoms with Gasteiger partial charge < -0.3 is 19.4 Å². The Morgan fingerprint density at radius 3 is 2.53 bits per heavy atom. The van der Waals surface area contributed by atoms with E-state index in [2.05, 4.69) is 20.3 Å². The average Bonchev–Trinajstić information content (AvgIpc) is 3.19. The lowest BCUT2D eigenvalue weighted by atomic mass is 9.82. The maximum Gasteiger partial charge on any atom is 0.522 e. The predicted molar refractivity (Wildman–Crippen MR) is 108 cm³/mol. The van der Waals surface area contributed by atoms with Crippen LogP contribution in [0.4, 0.5) is 19.2 Å². The van der Waals surface area contributed by atoms with E-state index < -0.39 is 12.5 Å². The lowest BCUT2D eigenvalue weighted by Crippen LogP contribution is -2.46. The first kappa shape index (κ1) is 22.7. The second kappa shape index (κ2) is 9.53. The van der Waals surface area contributed by atoms with E-state index in [1.807, 2.05) is 4.90 Å². The number of carbonyl (C=O) groups is 1. The SMILES string of the molecule is O=C(COc1ccc(Cl)cc1)NC1CCN(c2nnc(C3CC(OC(F)(F)F)C3)o2)CC1. The van der Waals surface area contributed by atoms with E-state index in [9.17, 15) is 18.0 Å². The maximum atomic E-state index is 12.2. The van der Waals surface area contributed by atoms with Crippen molar-refractivity contribution in [3.63, 3.8) is 0 Å². The van der Waals surface area contributed by atoms with Gasteiger partial charge in [-0.1, -0.05) is 16.7 Å². The lowest BCUT2D eigenvalue weighted by molar-refractivity contribution is -0.352. The van der Waals surface area contributed by atoms with Crippen LogP contribution in [0.15, 0.2) is 28.7 Å². The summed E-state index contributed by atoms with van der Waals surface area (Å²) in [4.78, 5) is 14.0. The quantitative estimate of drug-likeness (QED) is 0.654. The van der Waals surface area contributed by atoms with Crippen molar-refractivity contribution in [3.8, 4) is 5.75 Å². The zero-order chi connectivity index (χ0) is 22.7. The van der Waals surface area contributed by atoms with Crippen LogP contribution in [-0.4, -0.2) is 54.3 Å². The van der Waals surface area contributed by atoms with Crippen molar-refractivity contribution in [2.24, 2.45) is 0 Å². The molecule has 8 nitrogen and oxygen atoms in total. The fraction of sp³-hybridized carbons (Fsp3) is 0.550. The van der Waals surface area contributed by atoms with Crippen LogP contribution in [0.5, 0.6) is 5.75 Å². The first-order valence-electron chi connectivity index (χ1n) is 10.3. The molecule has 2 fully saturated rings. The molecule has 0 radical (unpaired) electrons. The highest BCUT2D eigenvalue weighted by Gasteiger charge is 2.42. The second-order valence-electron chi connectivity index (χ2n) is 7.85. The van der Waals surface area contributed by atoms with E-state index in [0.29, 0.717) is 48.6 Å². The topological polar surface area (TPSA) is 89.7 Å². The molecule has 1 aromatic carbocycles. The maximum absolute atomic E-state index is 12.2. The van der Waals surface area contributed by atoms with Gasteiger partial charge in [0, 0.05) is 30.1 Å². The number of halogens is 4. The molecule has 1 saturated heterocycles. The third-order valence-electron chi connectivity index (χ3n) is 5.49. The minimum atomic E-state index is -4.63. The van der Waals surface area contributed by atoms with Crippen molar-refractivity contribution in [1.29, 1.82) is 0 Å². The number of ether oxygens (including phenoxy) is 2. The van der Waals surface area contributed by atoms with E-state index in [1.54, 1.807) is 24.3 Å². The molecular formula is C20H22ClF3N4O4. The molecule has 0 spiro atoms. The molecule has 1 amide bonds. The van der Waals surface area contributed by atoms with E-state index >= 15 is 0 Å². The summed E-state index contributed by atoms with van der Waals surface area (Å²) in [6.45, 7) is 1.12. The van der Waals surface area contributed by atoms with Crippen molar-refractivity contribution >= 4 is 23.5 Å². The van der Waals surface area contributed by atoms with Gasteiger partial charge >= 0.3 is 12.4 Å². The van der Waals surface area contributed by atoms with Crippen molar-refractivity contribution in [2.45, 2.75) is 50.1 Å². The third-order valence-corrected chi connectivity index (χ3v) is 5.74. The van der Waals surface area contributed by atoms with E-state index in [-0.39, 0.29) is 37.3 Å². The van der Waals surface area contributed by atoms with Crippen molar-refractivity contribution < 1.29 is 31.9 Å². The highest BCUT2D eigenvalue weighted by molar-refractivity contribution is 6.30. The van der Waals surface area contributed by atoms with Gasteiger partial charge in [0.15, 0.2) is 6.61 Å². The Bertz CT molecular complexity index is 910. The summed E-state index contributed by atoms with van der Waals surface area (Å²) in [6.07, 6.45) is -3.71. The van der Waals surface area contributed by atoms with E-state index in [4.69, 9.17) is 20.8 Å². The molecule has 1 aromatic heterocycles. The highest BCUT2D eigenvalue weighted by Crippen LogP contribution is 2.41. The fourth-order valence-corrected chi connectivity index (χ4v) is 3.86. The molecule has 1 saturated carbocycles. The van der Waals surface area contributed by atoms with Crippen LogP contribution in [0.3, 0.4) is 0 Å². The Labute approximate surface area is 187 Å². The standard InChI is InChI=1S/C20H22ClF3N4O4/c21-13-1-3-15(4-2-13)30-11-17(29)25-14-5-7-28(8-6-14)19-27-26-18(31-19)12-9-16(10-12)32-20(22,23)24/h1-4,12,14,16H,5-11H2,(H,25,29). The van der Waals surface area contributed by atoms with E-state index in [0.717, 1.165) is 0 Å². The first-order chi connectivity index (χ1) is 15.2. The monoisotopic (exact) mass is 474 g/mol. The minimum absolute atomic E-state index is 0.00173. The molecule has 174 valence electrons. The molecule has 4 rings (SSSR count). The average molecular weight is 475 g/mol. The van der Waals surface area contributed by atoms with Crippen molar-refractivity contribution in [2.75, 3.05) is 24.6 Å². The number of aromatic nitrogens is 2. The van der Waals surface area contributed by atoms with Crippen molar-refractivity contribution in [3.05, 3.63) is 35.2 Å². The molecule has 0 bridgehead atoms. The van der Waals surface area contributed by atoms with Crippen LogP contribution in [0.1, 0.15) is 37.5 Å². The Hall–Kier alpha value is -2.53. The first-order valence-corrected chi connectivity index (χ1v) is 10.6. The molecule has 2 aliphatic rings. The number of alkyl halides is 3. The molecule has 1 N–H and O–H groups in total. The van der Waals surface area contributed by atoms with Gasteiger partial charge in [-0.25, -0.2) is 0 Å². The summed E-state index contributed by atoms with van der Waals surface area (Å²) >= 11 is 5.82. The van der Waals surface area contributed by atoms with Gasteiger partial charge in [0.25, 0.3) is 5.91 Å². The summed E-state index contributed by atoms with van der Waals surface area (Å²) < 4.78 is 51.8. The van der Waals surface area contributed by atoms with Crippen LogP contribution in [0, 0.1) is 0 Å². The highest BCUT2D eigenvalue weighted by atomic mass is 35.5. The molecule has 0 unspecified atom stereocenters. The number of nitrogens with one attached hydrogen (secondary N) is 1. The lowest BCUT2D eigenvalue weighted by Gasteiger charge is -2.33. The Balaban J connectivity index is 1.17. The number of carbonyl (C=O) groups excluding carboxylic acids is 1. The number of amides is 1. The van der Waals surface area contributed by atoms with Gasteiger partial charge in [0.05, 0.1) is 6.10 Å². The summed E-state index contributed by atoms with van der Waals surface area (Å²) in [5.74, 6) is 0.464. The van der Waals surface area contributed by atoms with Gasteiger partial charge in [-0.3, -0.25) is 9.53 Å². The Kier molecular flexibility index (Phi) is 6.75. The van der Waals surface area contributed by atoms with Gasteiger partial charge in [-0.05, 0) is 49.9 Å². The number of piperidine rings is 1. The van der Waals surface area contributed by atoms with Crippen LogP contribution in [0.25, 0.3) is 0 Å². The Morgan fingerprint density at radius 1 is 1.19 bits per heavy atom. The van der Waals surface area contributed by atoms with Crippen molar-refractivity contribution in [1.82, 2.24) is 15.5 Å². The number of nitrogens with zero attached hydrogens (tertiary/aromatic N) is 3. The molecular weight excluding hydrogens is 453 g/mol. The second-order valence-corrected chi connectivity index (χ2v) is 8.28. The molecule has 1 aliphatic heterocycles. The number of anilines is 1. The normalized spacial score (nSPS) is 21.8. The van der Waals surface area contributed by atoms with Gasteiger partial charge in [-0.15, -0.1) is 18.3 Å². The van der Waals surface area contributed by atoms with Crippen LogP contribution in [-0.2, 0) is 9.53 Å². The zero-order valence-corrected chi connectivity index (χ0v) is 17.7. The number of hydrogen-bond donors (Lipinski definition) is 1. The smallest absolute Gasteiger partial charge is 0.484 e. The van der Waals surface area contributed by atoms with Crippen LogP contribution in [0.2, 0.25) is 5.02 Å². The van der Waals surface area contributed by atoms with Crippen LogP contribution >= 0.6 is 11.6 Å². The molecule has 2 aromatic rings. The van der Waals surface area contributed by atoms with Gasteiger partial charge in [0.2, 0.25) is 5.89 Å². The molecule has 0 atom stereocenters. The summed E-state index contributed by atoms with van der Waals surface area (Å²) in [5.41, 5.74) is 0. The number of hydrogen-bond acceptors (Lipinski definition) is 7. The Morgan fingerprint density at radius 2 is 1.88 bits per heavy atom. The van der Waals surface area contributed by atoms with Crippen LogP contribution < -0.4 is 15.0 Å². The molecule has 12 heteroatoms. The third kappa shape index (κ3) is 6.04. The number of benzene rings is 1. The minimum Gasteiger partial charge on any atom is -0.484 e. The summed E-state index contributed by atoms with van der Waals surface area (Å²) in [6, 6.07) is 7.11. The van der Waals surface area contributed by atoms with Gasteiger partial charge in [-0.2, -0.15) is 0 Å². The van der Waals surface area contributed by atoms with E-state index in [1.165, 1.54) is 0 Å². The predicted octanol–water partition coefficient (Wildman–Crippen LogP) is 3.67. The molecule has 1 aliphatic carbocycles. The summed E-state index contributed by atoms with van der Waals surface area (Å²) in [5, 5.41) is 11.5. The summed E-state index contributed by atoms with van der Waals surface area (Å²) in [7, 11) is 0. The number of rotatable bonds is 7. The molecule has 32 heavy (non-hydrogen) atoms. The molecule has 2 heterocycles. The largest absolute Gasteiger partial charge is 0.522 e. The zero-order valence-electron chi connectivity index (χ0n) is 17.0.